The van der Waals surface area contributed by atoms with Crippen molar-refractivity contribution < 1.29 is 13.5 Å². The second kappa shape index (κ2) is 9.21. The molecule has 1 unspecified atom stereocenters. The molecule has 1 fully saturated rings. The molecule has 0 amide bonds. The minimum Gasteiger partial charge on any atom is -0.385 e. The minimum atomic E-state index is -0.664. The van der Waals surface area contributed by atoms with Gasteiger partial charge in [-0.15, -0.1) is 5.10 Å². The van der Waals surface area contributed by atoms with E-state index in [1.54, 1.807) is 0 Å². The van der Waals surface area contributed by atoms with E-state index < -0.39 is 11.6 Å². The number of aryl methyl sites for hydroxylation is 1. The van der Waals surface area contributed by atoms with E-state index in [1.165, 1.54) is 29.6 Å². The summed E-state index contributed by atoms with van der Waals surface area (Å²) in [6.45, 7) is 3.69. The monoisotopic (exact) mass is 413 g/mol. The van der Waals surface area contributed by atoms with Crippen molar-refractivity contribution in [2.45, 2.75) is 38.7 Å². The Morgan fingerprint density at radius 1 is 1.13 bits per heavy atom. The molecule has 0 spiro atoms. The normalized spacial score (nSPS) is 16.4. The lowest BCUT2D eigenvalue weighted by molar-refractivity contribution is 0.0134. The maximum Gasteiger partial charge on any atom is 0.246 e. The molecule has 158 valence electrons. The standard InChI is InChI=1S/C22H25F2N5O/c1-15-5-6-18(25-8-7-20-4-2-3-9-30-20)13-21(15)27-22-26-14-29(28-22)19-11-16(23)10-17(24)12-19/h5-6,10-14,20,25H,2-4,7-9H2,1H3,(H,27,28). The van der Waals surface area contributed by atoms with Gasteiger partial charge in [-0.25, -0.2) is 13.5 Å². The molecule has 2 aromatic carbocycles. The molecule has 2 heterocycles. The first-order valence-corrected chi connectivity index (χ1v) is 10.2. The van der Waals surface area contributed by atoms with E-state index in [0.717, 1.165) is 55.4 Å². The lowest BCUT2D eigenvalue weighted by Crippen LogP contribution is -2.22. The number of rotatable bonds is 7. The highest BCUT2D eigenvalue weighted by Crippen LogP contribution is 2.24. The van der Waals surface area contributed by atoms with Crippen LogP contribution in [0.1, 0.15) is 31.2 Å². The quantitative estimate of drug-likeness (QED) is 0.573. The molecule has 1 saturated heterocycles. The molecule has 0 aliphatic carbocycles. The van der Waals surface area contributed by atoms with Crippen LogP contribution in [0.4, 0.5) is 26.1 Å². The number of ether oxygens (including phenoxy) is 1. The average Bonchev–Trinajstić information content (AvgIpc) is 3.19. The van der Waals surface area contributed by atoms with Gasteiger partial charge < -0.3 is 15.4 Å². The van der Waals surface area contributed by atoms with Gasteiger partial charge in [0.2, 0.25) is 5.95 Å². The predicted molar refractivity (Wildman–Crippen MR) is 112 cm³/mol. The fourth-order valence-electron chi connectivity index (χ4n) is 3.52. The smallest absolute Gasteiger partial charge is 0.246 e. The summed E-state index contributed by atoms with van der Waals surface area (Å²) in [5.74, 6) is -0.984. The Morgan fingerprint density at radius 3 is 2.73 bits per heavy atom. The summed E-state index contributed by atoms with van der Waals surface area (Å²) < 4.78 is 34.0. The van der Waals surface area contributed by atoms with E-state index >= 15 is 0 Å². The number of nitrogens with one attached hydrogen (secondary N) is 2. The molecule has 0 bridgehead atoms. The number of benzene rings is 2. The second-order valence-corrected chi connectivity index (χ2v) is 7.50. The topological polar surface area (TPSA) is 64.0 Å². The van der Waals surface area contributed by atoms with E-state index in [4.69, 9.17) is 4.74 Å². The van der Waals surface area contributed by atoms with Gasteiger partial charge in [0.05, 0.1) is 11.8 Å². The van der Waals surface area contributed by atoms with Crippen LogP contribution in [0.25, 0.3) is 5.69 Å². The van der Waals surface area contributed by atoms with Crippen LogP contribution in [0.15, 0.2) is 42.7 Å². The van der Waals surface area contributed by atoms with Gasteiger partial charge in [-0.05, 0) is 62.4 Å². The van der Waals surface area contributed by atoms with Gasteiger partial charge in [0.1, 0.15) is 18.0 Å². The summed E-state index contributed by atoms with van der Waals surface area (Å²) in [5, 5.41) is 10.9. The minimum absolute atomic E-state index is 0.269. The largest absolute Gasteiger partial charge is 0.385 e. The number of halogens is 2. The summed E-state index contributed by atoms with van der Waals surface area (Å²) in [5.41, 5.74) is 3.15. The molecule has 30 heavy (non-hydrogen) atoms. The van der Waals surface area contributed by atoms with Crippen molar-refractivity contribution in [1.82, 2.24) is 14.8 Å². The Kier molecular flexibility index (Phi) is 6.23. The predicted octanol–water partition coefficient (Wildman–Crippen LogP) is 4.97. The molecule has 1 aliphatic heterocycles. The molecular formula is C22H25F2N5O. The Bertz CT molecular complexity index is 981. The molecule has 2 N–H and O–H groups in total. The maximum absolute atomic E-state index is 13.5. The summed E-state index contributed by atoms with van der Waals surface area (Å²) in [4.78, 5) is 4.20. The first-order chi connectivity index (χ1) is 14.6. The lowest BCUT2D eigenvalue weighted by Gasteiger charge is -2.22. The highest BCUT2D eigenvalue weighted by molar-refractivity contribution is 5.65. The van der Waals surface area contributed by atoms with Crippen LogP contribution in [0.3, 0.4) is 0 Å². The lowest BCUT2D eigenvalue weighted by atomic mass is 10.1. The van der Waals surface area contributed by atoms with Gasteiger partial charge in [-0.1, -0.05) is 6.07 Å². The van der Waals surface area contributed by atoms with Crippen LogP contribution < -0.4 is 10.6 Å². The second-order valence-electron chi connectivity index (χ2n) is 7.50. The third-order valence-corrected chi connectivity index (χ3v) is 5.16. The van der Waals surface area contributed by atoms with E-state index in [0.29, 0.717) is 12.1 Å². The van der Waals surface area contributed by atoms with Crippen LogP contribution in [0.2, 0.25) is 0 Å². The Hall–Kier alpha value is -3.00. The van der Waals surface area contributed by atoms with Crippen LogP contribution in [-0.2, 0) is 4.74 Å². The molecule has 0 radical (unpaired) electrons. The number of nitrogens with zero attached hydrogens (tertiary/aromatic N) is 3. The Labute approximate surface area is 174 Å². The Morgan fingerprint density at radius 2 is 1.97 bits per heavy atom. The third-order valence-electron chi connectivity index (χ3n) is 5.16. The zero-order valence-electron chi connectivity index (χ0n) is 16.9. The number of hydrogen-bond donors (Lipinski definition) is 2. The molecule has 8 heteroatoms. The van der Waals surface area contributed by atoms with Gasteiger partial charge in [-0.2, -0.15) is 4.98 Å². The number of hydrogen-bond acceptors (Lipinski definition) is 5. The van der Waals surface area contributed by atoms with Crippen molar-refractivity contribution in [3.63, 3.8) is 0 Å². The van der Waals surface area contributed by atoms with E-state index in [9.17, 15) is 8.78 Å². The van der Waals surface area contributed by atoms with Crippen molar-refractivity contribution in [2.75, 3.05) is 23.8 Å². The fourth-order valence-corrected chi connectivity index (χ4v) is 3.52. The van der Waals surface area contributed by atoms with E-state index in [2.05, 4.69) is 20.7 Å². The zero-order chi connectivity index (χ0) is 20.9. The summed E-state index contributed by atoms with van der Waals surface area (Å²) in [6.07, 6.45) is 6.27. The zero-order valence-corrected chi connectivity index (χ0v) is 16.9. The molecule has 3 aromatic rings. The van der Waals surface area contributed by atoms with Crippen molar-refractivity contribution in [3.05, 3.63) is 59.9 Å². The van der Waals surface area contributed by atoms with Crippen molar-refractivity contribution in [3.8, 4) is 5.69 Å². The van der Waals surface area contributed by atoms with Gasteiger partial charge in [0.25, 0.3) is 0 Å². The molecule has 4 rings (SSSR count). The maximum atomic E-state index is 13.5. The van der Waals surface area contributed by atoms with E-state index in [-0.39, 0.29) is 5.69 Å². The van der Waals surface area contributed by atoms with Crippen LogP contribution >= 0.6 is 0 Å². The van der Waals surface area contributed by atoms with Crippen LogP contribution in [0, 0.1) is 18.6 Å². The van der Waals surface area contributed by atoms with Gasteiger partial charge in [0, 0.05) is 30.6 Å². The first-order valence-electron chi connectivity index (χ1n) is 10.2. The first kappa shape index (κ1) is 20.3. The highest BCUT2D eigenvalue weighted by Gasteiger charge is 2.13. The summed E-state index contributed by atoms with van der Waals surface area (Å²) in [6, 6.07) is 9.27. The van der Waals surface area contributed by atoms with Crippen molar-refractivity contribution in [1.29, 1.82) is 0 Å². The summed E-state index contributed by atoms with van der Waals surface area (Å²) in [7, 11) is 0. The van der Waals surface area contributed by atoms with Gasteiger partial charge in [0.15, 0.2) is 0 Å². The van der Waals surface area contributed by atoms with Crippen molar-refractivity contribution in [2.24, 2.45) is 0 Å². The number of anilines is 3. The molecule has 0 saturated carbocycles. The fraction of sp³-hybridized carbons (Fsp3) is 0.364. The van der Waals surface area contributed by atoms with E-state index in [1.807, 2.05) is 25.1 Å². The van der Waals surface area contributed by atoms with Crippen LogP contribution in [-0.4, -0.2) is 34.0 Å². The molecule has 1 aromatic heterocycles. The molecular weight excluding hydrogens is 388 g/mol. The molecule has 1 atom stereocenters. The Balaban J connectivity index is 1.40. The average molecular weight is 413 g/mol. The van der Waals surface area contributed by atoms with Crippen molar-refractivity contribution >= 4 is 17.3 Å². The SMILES string of the molecule is Cc1ccc(NCCC2CCCCO2)cc1Nc1ncn(-c2cc(F)cc(F)c2)n1. The van der Waals surface area contributed by atoms with Gasteiger partial charge >= 0.3 is 0 Å². The summed E-state index contributed by atoms with van der Waals surface area (Å²) >= 11 is 0. The number of aromatic nitrogens is 3. The molecule has 1 aliphatic rings. The molecule has 6 nitrogen and oxygen atoms in total. The van der Waals surface area contributed by atoms with Crippen LogP contribution in [0.5, 0.6) is 0 Å². The third kappa shape index (κ3) is 5.13. The highest BCUT2D eigenvalue weighted by atomic mass is 19.1. The van der Waals surface area contributed by atoms with Gasteiger partial charge in [-0.3, -0.25) is 0 Å².